The third-order valence-corrected chi connectivity index (χ3v) is 6.62. The fourth-order valence-electron chi connectivity index (χ4n) is 3.36. The number of amides is 2. The minimum absolute atomic E-state index is 0.0301. The Kier molecular flexibility index (Phi) is 8.56. The van der Waals surface area contributed by atoms with Gasteiger partial charge in [-0.1, -0.05) is 13.8 Å². The van der Waals surface area contributed by atoms with E-state index in [1.807, 2.05) is 19.2 Å². The molecule has 1 aliphatic rings. The number of nitrogens with one attached hydrogen (secondary N) is 1. The summed E-state index contributed by atoms with van der Waals surface area (Å²) in [7, 11) is 0. The zero-order valence-electron chi connectivity index (χ0n) is 18.8. The second-order valence-electron chi connectivity index (χ2n) is 7.94. The Labute approximate surface area is 200 Å². The highest BCUT2D eigenvalue weighted by molar-refractivity contribution is 7.15. The number of anilines is 2. The molecule has 1 aliphatic heterocycles. The van der Waals surface area contributed by atoms with Crippen LogP contribution >= 0.6 is 22.7 Å². The molecule has 9 nitrogen and oxygen atoms in total. The van der Waals surface area contributed by atoms with Crippen LogP contribution in [-0.4, -0.2) is 48.5 Å². The average molecular weight is 494 g/mol. The first-order valence-electron chi connectivity index (χ1n) is 10.8. The number of ether oxygens (including phenoxy) is 2. The molecule has 3 rings (SSSR count). The third kappa shape index (κ3) is 6.61. The first kappa shape index (κ1) is 24.8. The van der Waals surface area contributed by atoms with Gasteiger partial charge in [-0.15, -0.1) is 22.7 Å². The lowest BCUT2D eigenvalue weighted by atomic mass is 10.0. The van der Waals surface area contributed by atoms with Crippen molar-refractivity contribution in [2.45, 2.75) is 46.5 Å². The number of carbonyl (C=O) groups is 4. The Morgan fingerprint density at radius 1 is 1.21 bits per heavy atom. The van der Waals surface area contributed by atoms with Crippen LogP contribution in [0.4, 0.5) is 10.1 Å². The molecule has 0 aromatic carbocycles. The molecule has 33 heavy (non-hydrogen) atoms. The summed E-state index contributed by atoms with van der Waals surface area (Å²) in [6.07, 6.45) is 1.88. The molecule has 1 N–H and O–H groups in total. The van der Waals surface area contributed by atoms with Crippen molar-refractivity contribution in [3.05, 3.63) is 27.6 Å². The topological polar surface area (TPSA) is 115 Å². The van der Waals surface area contributed by atoms with Gasteiger partial charge in [0.15, 0.2) is 11.7 Å². The fourth-order valence-corrected chi connectivity index (χ4v) is 5.21. The molecule has 178 valence electrons. The van der Waals surface area contributed by atoms with E-state index in [0.29, 0.717) is 46.7 Å². The average Bonchev–Trinajstić information content (AvgIpc) is 3.47. The monoisotopic (exact) mass is 493 g/mol. The number of hydrogen-bond acceptors (Lipinski definition) is 9. The Hall–Kier alpha value is -2.79. The molecule has 2 amide bonds. The molecule has 0 atom stereocenters. The summed E-state index contributed by atoms with van der Waals surface area (Å²) < 4.78 is 10.2. The minimum Gasteiger partial charge on any atom is -0.462 e. The minimum atomic E-state index is -0.605. The Balaban J connectivity index is 1.54. The van der Waals surface area contributed by atoms with Crippen molar-refractivity contribution in [3.63, 3.8) is 0 Å². The van der Waals surface area contributed by atoms with Gasteiger partial charge in [-0.25, -0.2) is 9.78 Å². The molecule has 0 aliphatic carbocycles. The maximum atomic E-state index is 12.4. The van der Waals surface area contributed by atoms with Gasteiger partial charge in [-0.05, 0) is 36.6 Å². The molecule has 0 spiro atoms. The number of hydrogen-bond donors (Lipinski definition) is 1. The summed E-state index contributed by atoms with van der Waals surface area (Å²) in [5, 5.41) is 7.14. The van der Waals surface area contributed by atoms with E-state index in [2.05, 4.69) is 10.3 Å². The van der Waals surface area contributed by atoms with Crippen molar-refractivity contribution in [1.29, 1.82) is 0 Å². The normalized spacial score (nSPS) is 13.5. The Morgan fingerprint density at radius 3 is 2.67 bits per heavy atom. The highest BCUT2D eigenvalue weighted by atomic mass is 32.1. The largest absolute Gasteiger partial charge is 0.462 e. The zero-order chi connectivity index (χ0) is 24.0. The van der Waals surface area contributed by atoms with E-state index in [4.69, 9.17) is 9.47 Å². The van der Waals surface area contributed by atoms with Crippen molar-refractivity contribution >= 4 is 56.6 Å². The van der Waals surface area contributed by atoms with Gasteiger partial charge in [-0.2, -0.15) is 0 Å². The lowest BCUT2D eigenvalue weighted by molar-refractivity contribution is -0.146. The number of esters is 2. The first-order valence-corrected chi connectivity index (χ1v) is 12.5. The van der Waals surface area contributed by atoms with Crippen LogP contribution < -0.4 is 10.2 Å². The lowest BCUT2D eigenvalue weighted by Gasteiger charge is -2.10. The molecule has 3 heterocycles. The van der Waals surface area contributed by atoms with Gasteiger partial charge in [0.1, 0.15) is 5.00 Å². The first-order chi connectivity index (χ1) is 15.8. The molecule has 0 saturated carbocycles. The van der Waals surface area contributed by atoms with Gasteiger partial charge in [0.05, 0.1) is 24.3 Å². The van der Waals surface area contributed by atoms with Crippen molar-refractivity contribution in [1.82, 2.24) is 4.98 Å². The number of thiophene rings is 1. The summed E-state index contributed by atoms with van der Waals surface area (Å²) in [5.41, 5.74) is 1.65. The molecule has 0 radical (unpaired) electrons. The van der Waals surface area contributed by atoms with Gasteiger partial charge >= 0.3 is 11.9 Å². The summed E-state index contributed by atoms with van der Waals surface area (Å²) >= 11 is 2.54. The summed E-state index contributed by atoms with van der Waals surface area (Å²) in [5.74, 6) is -1.28. The number of rotatable bonds is 10. The second kappa shape index (κ2) is 11.4. The van der Waals surface area contributed by atoms with Gasteiger partial charge in [0, 0.05) is 18.3 Å². The van der Waals surface area contributed by atoms with Crippen LogP contribution in [0.3, 0.4) is 0 Å². The van der Waals surface area contributed by atoms with Crippen LogP contribution in [0.1, 0.15) is 55.2 Å². The SMILES string of the molecule is CCOC(=O)c1c(CC(C)C)csc1NC(=O)COC(=O)Cc1csc(N2CCCC2=O)n1. The van der Waals surface area contributed by atoms with Crippen LogP contribution in [0.2, 0.25) is 0 Å². The third-order valence-electron chi connectivity index (χ3n) is 4.76. The molecular formula is C22H27N3O6S2. The van der Waals surface area contributed by atoms with Gasteiger partial charge < -0.3 is 14.8 Å². The number of nitrogens with zero attached hydrogens (tertiary/aromatic N) is 2. The second-order valence-corrected chi connectivity index (χ2v) is 9.66. The lowest BCUT2D eigenvalue weighted by Crippen LogP contribution is -2.24. The summed E-state index contributed by atoms with van der Waals surface area (Å²) in [6.45, 7) is 6.17. The Morgan fingerprint density at radius 2 is 2.00 bits per heavy atom. The van der Waals surface area contributed by atoms with Crippen LogP contribution in [0.25, 0.3) is 0 Å². The van der Waals surface area contributed by atoms with E-state index in [9.17, 15) is 19.2 Å². The van der Waals surface area contributed by atoms with Crippen molar-refractivity contribution in [3.8, 4) is 0 Å². The molecule has 1 fully saturated rings. The van der Waals surface area contributed by atoms with Crippen molar-refractivity contribution in [2.75, 3.05) is 30.0 Å². The highest BCUT2D eigenvalue weighted by Gasteiger charge is 2.25. The van der Waals surface area contributed by atoms with Crippen LogP contribution in [-0.2, 0) is 36.7 Å². The van der Waals surface area contributed by atoms with Gasteiger partial charge in [0.25, 0.3) is 5.91 Å². The zero-order valence-corrected chi connectivity index (χ0v) is 20.5. The molecule has 0 bridgehead atoms. The number of thiazole rings is 1. The predicted octanol–water partition coefficient (Wildman–Crippen LogP) is 3.43. The van der Waals surface area contributed by atoms with E-state index >= 15 is 0 Å². The summed E-state index contributed by atoms with van der Waals surface area (Å²) in [6, 6.07) is 0. The van der Waals surface area contributed by atoms with Crippen LogP contribution in [0.5, 0.6) is 0 Å². The van der Waals surface area contributed by atoms with Crippen molar-refractivity contribution in [2.24, 2.45) is 5.92 Å². The van der Waals surface area contributed by atoms with Gasteiger partial charge in [-0.3, -0.25) is 19.3 Å². The predicted molar refractivity (Wildman–Crippen MR) is 126 cm³/mol. The summed E-state index contributed by atoms with van der Waals surface area (Å²) in [4.78, 5) is 54.7. The van der Waals surface area contributed by atoms with E-state index in [-0.39, 0.29) is 18.9 Å². The van der Waals surface area contributed by atoms with E-state index in [1.54, 1.807) is 17.2 Å². The molecule has 2 aromatic heterocycles. The Bertz CT molecular complexity index is 1030. The van der Waals surface area contributed by atoms with Crippen LogP contribution in [0, 0.1) is 5.92 Å². The van der Waals surface area contributed by atoms with E-state index in [1.165, 1.54) is 22.7 Å². The highest BCUT2D eigenvalue weighted by Crippen LogP contribution is 2.31. The maximum absolute atomic E-state index is 12.4. The van der Waals surface area contributed by atoms with Crippen LogP contribution in [0.15, 0.2) is 10.8 Å². The fraction of sp³-hybridized carbons (Fsp3) is 0.500. The molecule has 11 heteroatoms. The van der Waals surface area contributed by atoms with Gasteiger partial charge in [0.2, 0.25) is 5.91 Å². The standard InChI is InChI=1S/C22H27N3O6S2/c1-4-30-21(29)19-14(8-13(2)3)11-32-20(19)24-16(26)10-31-18(28)9-15-12-33-22(23-15)25-7-5-6-17(25)27/h11-13H,4-10H2,1-3H3,(H,24,26). The molecule has 2 aromatic rings. The van der Waals surface area contributed by atoms with E-state index < -0.39 is 24.5 Å². The molecule has 1 saturated heterocycles. The molecular weight excluding hydrogens is 466 g/mol. The smallest absolute Gasteiger partial charge is 0.341 e. The molecule has 0 unspecified atom stereocenters. The van der Waals surface area contributed by atoms with Crippen molar-refractivity contribution < 1.29 is 28.7 Å². The number of aromatic nitrogens is 1. The number of carbonyl (C=O) groups excluding carboxylic acids is 4. The van der Waals surface area contributed by atoms with E-state index in [0.717, 1.165) is 12.0 Å². The maximum Gasteiger partial charge on any atom is 0.341 e. The quantitative estimate of drug-likeness (QED) is 0.504.